The van der Waals surface area contributed by atoms with Gasteiger partial charge in [-0.05, 0) is 0 Å². The predicted octanol–water partition coefficient (Wildman–Crippen LogP) is -1.46. The molecule has 9 nitrogen and oxygen atoms in total. The lowest BCUT2D eigenvalue weighted by atomic mass is 10.1. The van der Waals surface area contributed by atoms with E-state index in [-0.39, 0.29) is 11.9 Å². The molecule has 0 spiro atoms. The number of urea groups is 1. The third kappa shape index (κ3) is 2.81. The topological polar surface area (TPSA) is 86.5 Å². The van der Waals surface area contributed by atoms with Crippen molar-refractivity contribution < 1.29 is 23.6 Å². The van der Waals surface area contributed by atoms with Crippen LogP contribution in [0.1, 0.15) is 0 Å². The Labute approximate surface area is 129 Å². The number of fused-ring (bicyclic) bond motifs is 1. The summed E-state index contributed by atoms with van der Waals surface area (Å²) < 4.78 is 11.9. The first-order valence-electron chi connectivity index (χ1n) is 7.02. The van der Waals surface area contributed by atoms with Crippen molar-refractivity contribution >= 4 is 23.7 Å². The van der Waals surface area contributed by atoms with Crippen molar-refractivity contribution in [1.29, 1.82) is 0 Å². The fourth-order valence-corrected chi connectivity index (χ4v) is 2.43. The maximum atomic E-state index is 12.5. The van der Waals surface area contributed by atoms with Gasteiger partial charge >= 0.3 is 12.0 Å². The lowest BCUT2D eigenvalue weighted by Crippen LogP contribution is -2.61. The van der Waals surface area contributed by atoms with E-state index in [4.69, 9.17) is 9.47 Å². The van der Waals surface area contributed by atoms with Crippen LogP contribution in [0.25, 0.3) is 0 Å². The smallest absolute Gasteiger partial charge is 0.381 e. The largest absolute Gasteiger partial charge is 0.390 e. The average molecular weight is 312 g/mol. The Morgan fingerprint density at radius 1 is 1.18 bits per heavy atom. The highest BCUT2D eigenvalue weighted by atomic mass is 16.5. The van der Waals surface area contributed by atoms with E-state index in [1.54, 1.807) is 21.3 Å². The fourth-order valence-electron chi connectivity index (χ4n) is 2.43. The summed E-state index contributed by atoms with van der Waals surface area (Å²) in [6.07, 6.45) is 0. The van der Waals surface area contributed by atoms with Gasteiger partial charge in [0, 0.05) is 28.3 Å². The van der Waals surface area contributed by atoms with Gasteiger partial charge in [-0.3, -0.25) is 19.9 Å². The van der Waals surface area contributed by atoms with Crippen molar-refractivity contribution in [2.45, 2.75) is 6.04 Å². The molecule has 1 unspecified atom stereocenters. The van der Waals surface area contributed by atoms with Crippen LogP contribution < -0.4 is 5.32 Å². The maximum absolute atomic E-state index is 12.5. The molecular weight excluding hydrogens is 290 g/mol. The number of hydrogen-bond donors (Lipinski definition) is 1. The molecule has 122 valence electrons. The van der Waals surface area contributed by atoms with Gasteiger partial charge in [-0.1, -0.05) is 4.99 Å². The molecule has 0 saturated carbocycles. The summed E-state index contributed by atoms with van der Waals surface area (Å²) in [4.78, 5) is 31.4. The van der Waals surface area contributed by atoms with Crippen LogP contribution in [0.5, 0.6) is 0 Å². The number of amidine groups is 1. The second-order valence-electron chi connectivity index (χ2n) is 5.04. The first-order chi connectivity index (χ1) is 10.5. The molecule has 1 atom stereocenters. The molecule has 3 amide bonds. The van der Waals surface area contributed by atoms with Gasteiger partial charge in [0.15, 0.2) is 0 Å². The number of carbonyl (C=O) groups is 2. The molecule has 2 heterocycles. The zero-order valence-electron chi connectivity index (χ0n) is 13.3. The van der Waals surface area contributed by atoms with Gasteiger partial charge in [0.25, 0.3) is 5.91 Å². The van der Waals surface area contributed by atoms with Crippen molar-refractivity contribution in [2.24, 2.45) is 4.99 Å². The number of guanidine groups is 1. The van der Waals surface area contributed by atoms with E-state index in [0.29, 0.717) is 38.1 Å². The number of nitrogens with zero attached hydrogens (tertiary/aromatic N) is 4. The van der Waals surface area contributed by atoms with E-state index in [9.17, 15) is 9.59 Å². The average Bonchev–Trinajstić information content (AvgIpc) is 2.88. The van der Waals surface area contributed by atoms with Crippen molar-refractivity contribution in [2.75, 3.05) is 54.6 Å². The number of imide groups is 1. The Morgan fingerprint density at radius 2 is 1.86 bits per heavy atom. The molecule has 0 bridgehead atoms. The molecule has 2 aliphatic heterocycles. The Balaban J connectivity index is 2.30. The third-order valence-electron chi connectivity index (χ3n) is 3.66. The van der Waals surface area contributed by atoms with Crippen LogP contribution in [0.2, 0.25) is 0 Å². The highest BCUT2D eigenvalue weighted by Crippen LogP contribution is 2.18. The number of methoxy groups -OCH3 is 2. The number of ether oxygens (including phenoxy) is 2. The number of carbonyl (C=O) groups excluding carboxylic acids is 2. The zero-order chi connectivity index (χ0) is 16.3. The van der Waals surface area contributed by atoms with Gasteiger partial charge in [0.1, 0.15) is 0 Å². The van der Waals surface area contributed by atoms with Gasteiger partial charge in [0.05, 0.1) is 26.3 Å². The van der Waals surface area contributed by atoms with Crippen LogP contribution in [0.15, 0.2) is 4.99 Å². The van der Waals surface area contributed by atoms with Crippen molar-refractivity contribution in [1.82, 2.24) is 15.1 Å². The maximum Gasteiger partial charge on any atom is 0.390 e. The highest BCUT2D eigenvalue weighted by Gasteiger charge is 2.51. The Hall–Kier alpha value is -2.00. The van der Waals surface area contributed by atoms with E-state index in [2.05, 4.69) is 10.3 Å². The van der Waals surface area contributed by atoms with Gasteiger partial charge in [-0.25, -0.2) is 9.37 Å². The van der Waals surface area contributed by atoms with Crippen LogP contribution in [-0.2, 0) is 14.3 Å². The monoisotopic (exact) mass is 312 g/mol. The van der Waals surface area contributed by atoms with Crippen LogP contribution in [0.3, 0.4) is 0 Å². The number of amides is 3. The molecular formula is C13H22N5O4+. The van der Waals surface area contributed by atoms with Gasteiger partial charge < -0.3 is 9.47 Å². The molecule has 0 aromatic carbocycles. The summed E-state index contributed by atoms with van der Waals surface area (Å²) in [6.45, 7) is 2.01. The first-order valence-corrected chi connectivity index (χ1v) is 7.02. The summed E-state index contributed by atoms with van der Waals surface area (Å²) >= 11 is 0. The summed E-state index contributed by atoms with van der Waals surface area (Å²) in [7, 11) is 6.30. The van der Waals surface area contributed by atoms with Crippen molar-refractivity contribution in [3.8, 4) is 0 Å². The van der Waals surface area contributed by atoms with E-state index in [0.717, 1.165) is 4.90 Å². The predicted molar refractivity (Wildman–Crippen MR) is 79.0 cm³/mol. The normalized spacial score (nSPS) is 21.5. The van der Waals surface area contributed by atoms with Crippen LogP contribution in [0, 0.1) is 0 Å². The van der Waals surface area contributed by atoms with Gasteiger partial charge in [-0.2, -0.15) is 0 Å². The minimum Gasteiger partial charge on any atom is -0.381 e. The van der Waals surface area contributed by atoms with Crippen LogP contribution in [0.4, 0.5) is 4.79 Å². The number of nitrogens with one attached hydrogen (secondary N) is 1. The molecule has 22 heavy (non-hydrogen) atoms. The minimum atomic E-state index is -0.604. The quantitative estimate of drug-likeness (QED) is 0.479. The van der Waals surface area contributed by atoms with Gasteiger partial charge in [0.2, 0.25) is 11.9 Å². The van der Waals surface area contributed by atoms with Crippen molar-refractivity contribution in [3.63, 3.8) is 0 Å². The van der Waals surface area contributed by atoms with E-state index in [1.807, 2.05) is 4.58 Å². The number of hydrogen-bond acceptors (Lipinski definition) is 6. The summed E-state index contributed by atoms with van der Waals surface area (Å²) in [5.41, 5.74) is 0. The molecule has 9 heteroatoms. The molecule has 2 aliphatic rings. The van der Waals surface area contributed by atoms with Crippen molar-refractivity contribution in [3.05, 3.63) is 0 Å². The highest BCUT2D eigenvalue weighted by molar-refractivity contribution is 6.22. The Kier molecular flexibility index (Phi) is 5.09. The first kappa shape index (κ1) is 16.4. The lowest BCUT2D eigenvalue weighted by molar-refractivity contribution is -0.539. The number of rotatable bonds is 6. The molecule has 0 radical (unpaired) electrons. The molecule has 0 aromatic heterocycles. The number of likely N-dealkylation sites (N-methyl/N-ethyl adjacent to an activating group) is 2. The number of aliphatic imine (C=N–C) groups is 1. The molecule has 1 fully saturated rings. The zero-order valence-corrected chi connectivity index (χ0v) is 13.3. The molecule has 1 saturated heterocycles. The Bertz CT molecular complexity index is 531. The summed E-state index contributed by atoms with van der Waals surface area (Å²) in [5, 5.41) is 3.13. The molecule has 0 aliphatic carbocycles. The standard InChI is InChI=1S/C13H21N5O4/c1-16-10-9(11(19)17(2)13(16)20)18(6-8-22-4)12(15-10)14-5-7-21-3/h9H,5-8H2,1-4H3/p+1. The Morgan fingerprint density at radius 3 is 2.50 bits per heavy atom. The lowest BCUT2D eigenvalue weighted by Gasteiger charge is -2.31. The molecule has 2 rings (SSSR count). The summed E-state index contributed by atoms with van der Waals surface area (Å²) in [5.74, 6) is 0.697. The molecule has 0 aromatic rings. The van der Waals surface area contributed by atoms with Crippen LogP contribution in [-0.4, -0.2) is 98.8 Å². The fraction of sp³-hybridized carbons (Fsp3) is 0.692. The summed E-state index contributed by atoms with van der Waals surface area (Å²) in [6, 6.07) is -0.988. The van der Waals surface area contributed by atoms with Gasteiger partial charge in [-0.15, -0.1) is 0 Å². The van der Waals surface area contributed by atoms with E-state index >= 15 is 0 Å². The second kappa shape index (κ2) is 6.84. The SMILES string of the molecule is COCCNC1=[N+](CCOC)C2C(=O)N(C)C(=O)N(C)C2=N1. The minimum absolute atomic E-state index is 0.290. The molecule has 1 N–H and O–H groups in total. The van der Waals surface area contributed by atoms with E-state index in [1.165, 1.54) is 11.9 Å². The second-order valence-corrected chi connectivity index (χ2v) is 5.04. The van der Waals surface area contributed by atoms with E-state index < -0.39 is 6.04 Å². The third-order valence-corrected chi connectivity index (χ3v) is 3.66. The van der Waals surface area contributed by atoms with Crippen LogP contribution >= 0.6 is 0 Å².